The molecule has 1 N–H and O–H groups in total. The summed E-state index contributed by atoms with van der Waals surface area (Å²) in [7, 11) is 1.00. The zero-order valence-electron chi connectivity index (χ0n) is 10.2. The lowest BCUT2D eigenvalue weighted by Crippen LogP contribution is -2.46. The largest absolute Gasteiger partial charge is 0.464 e. The van der Waals surface area contributed by atoms with Crippen LogP contribution in [0.5, 0.6) is 0 Å². The second-order valence-electron chi connectivity index (χ2n) is 3.42. The number of amides is 1. The lowest BCUT2D eigenvalue weighted by molar-refractivity contribution is -0.140. The van der Waals surface area contributed by atoms with Crippen molar-refractivity contribution in [2.24, 2.45) is 0 Å². The monoisotopic (exact) mass is 250 g/mol. The number of methoxy groups -OCH3 is 1. The first-order valence-electron chi connectivity index (χ1n) is 5.10. The Hall–Kier alpha value is -0.910. The van der Waals surface area contributed by atoms with Crippen molar-refractivity contribution in [2.45, 2.75) is 25.1 Å². The Balaban J connectivity index is 4.09. The maximum atomic E-state index is 11.3. The van der Waals surface area contributed by atoms with E-state index in [0.29, 0.717) is 6.61 Å². The molecule has 0 rings (SSSR count). The maximum Gasteiger partial charge on any atom is 0.411 e. The Morgan fingerprint density at radius 1 is 1.38 bits per heavy atom. The summed E-state index contributed by atoms with van der Waals surface area (Å²) in [6.07, 6.45) is 4.92. The fourth-order valence-corrected chi connectivity index (χ4v) is 1.75. The van der Waals surface area contributed by atoms with Crippen LogP contribution in [0.3, 0.4) is 0 Å². The third-order valence-corrected chi connectivity index (χ3v) is 3.12. The van der Waals surface area contributed by atoms with E-state index in [1.165, 1.54) is 7.11 Å². The van der Waals surface area contributed by atoms with Crippen LogP contribution in [0.15, 0.2) is 0 Å². The predicted octanol–water partition coefficient (Wildman–Crippen LogP) is 0.890. The first-order chi connectivity index (χ1) is 7.52. The molecule has 0 aromatic rings. The Labute approximate surface area is 99.2 Å². The molecule has 0 radical (unpaired) electrons. The van der Waals surface area contributed by atoms with Crippen molar-refractivity contribution in [2.75, 3.05) is 26.2 Å². The molecule has 5 nitrogen and oxygen atoms in total. The number of hydrogen-bond acceptors (Lipinski definition) is 4. The molecular weight excluding hydrogens is 230 g/mol. The minimum absolute atomic E-state index is 0.298. The number of alkyl carbamates (subject to hydrolysis) is 1. The Bertz CT molecular complexity index is 233. The highest BCUT2D eigenvalue weighted by Gasteiger charge is 2.33. The summed E-state index contributed by atoms with van der Waals surface area (Å²) in [5.41, 5.74) is 0. The van der Waals surface area contributed by atoms with Crippen molar-refractivity contribution < 1.29 is 19.1 Å². The van der Waals surface area contributed by atoms with Crippen LogP contribution in [0.2, 0.25) is 0 Å². The predicted molar refractivity (Wildman–Crippen MR) is 64.4 cm³/mol. The highest BCUT2D eigenvalue weighted by Crippen LogP contribution is 2.00. The molecule has 16 heavy (non-hydrogen) atoms. The maximum absolute atomic E-state index is 11.3. The summed E-state index contributed by atoms with van der Waals surface area (Å²) in [6.45, 7) is 2.38. The van der Waals surface area contributed by atoms with E-state index in [1.807, 2.05) is 19.4 Å². The summed E-state index contributed by atoms with van der Waals surface area (Å²) in [6, 6.07) is 0. The summed E-state index contributed by atoms with van der Waals surface area (Å²) in [4.78, 5) is 22.6. The molecule has 6 heteroatoms. The molecule has 0 aromatic heterocycles. The third kappa shape index (κ3) is 5.85. The van der Waals surface area contributed by atoms with E-state index in [-0.39, 0.29) is 10.9 Å². The minimum Gasteiger partial charge on any atom is -0.464 e. The number of ether oxygens (including phenoxy) is 2. The van der Waals surface area contributed by atoms with Gasteiger partial charge in [0.25, 0.3) is 5.37 Å². The molecule has 0 saturated heterocycles. The molecule has 0 aliphatic carbocycles. The van der Waals surface area contributed by atoms with Gasteiger partial charge in [0.15, 0.2) is 0 Å². The highest BCUT2D eigenvalue weighted by molar-refractivity contribution is 7.96. The number of rotatable bonds is 6. The second kappa shape index (κ2) is 8.27. The molecule has 1 amide bonds. The van der Waals surface area contributed by atoms with Gasteiger partial charge in [0, 0.05) is 10.9 Å². The normalized spacial score (nSPS) is 12.1. The quantitative estimate of drug-likeness (QED) is 0.432. The Morgan fingerprint density at radius 3 is 2.44 bits per heavy atom. The fourth-order valence-electron chi connectivity index (χ4n) is 0.934. The Morgan fingerprint density at radius 2 is 2.00 bits per heavy atom. The number of hydrogen-bond donors (Lipinski definition) is 1. The van der Waals surface area contributed by atoms with E-state index in [9.17, 15) is 9.59 Å². The van der Waals surface area contributed by atoms with Gasteiger partial charge >= 0.3 is 12.1 Å². The van der Waals surface area contributed by atoms with Crippen LogP contribution < -0.4 is 5.32 Å². The van der Waals surface area contributed by atoms with Crippen molar-refractivity contribution in [3.05, 3.63) is 0 Å². The van der Waals surface area contributed by atoms with Gasteiger partial charge in [-0.2, -0.15) is 0 Å². The molecule has 0 heterocycles. The van der Waals surface area contributed by atoms with E-state index >= 15 is 0 Å². The van der Waals surface area contributed by atoms with E-state index in [4.69, 9.17) is 4.74 Å². The third-order valence-electron chi connectivity index (χ3n) is 1.87. The van der Waals surface area contributed by atoms with Crippen LogP contribution >= 0.6 is 0 Å². The number of unbranched alkanes of at least 4 members (excludes halogenated alkanes) is 1. The number of carbonyl (C=O) groups is 2. The summed E-state index contributed by atoms with van der Waals surface area (Å²) in [5, 5.41) is 1.88. The van der Waals surface area contributed by atoms with Crippen LogP contribution in [-0.4, -0.2) is 43.7 Å². The van der Waals surface area contributed by atoms with E-state index in [1.54, 1.807) is 0 Å². The minimum atomic E-state index is -0.626. The van der Waals surface area contributed by atoms with Crippen molar-refractivity contribution in [1.82, 2.24) is 5.32 Å². The smallest absolute Gasteiger partial charge is 0.411 e. The molecule has 1 atom stereocenters. The van der Waals surface area contributed by atoms with Crippen molar-refractivity contribution in [3.63, 3.8) is 0 Å². The molecule has 0 aliphatic heterocycles. The standard InChI is InChI=1S/C10H19NO4S/c1-5-6-7-15-10(13)11-8(16(3)4)9(12)14-2/h8H,5-7H2,1-4H3/p+1. The number of nitrogens with one attached hydrogen (secondary N) is 1. The number of esters is 1. The molecule has 0 saturated carbocycles. The van der Waals surface area contributed by atoms with Crippen molar-refractivity contribution >= 4 is 23.0 Å². The average molecular weight is 250 g/mol. The first kappa shape index (κ1) is 15.1. The SMILES string of the molecule is CCCCOC(=O)NC(C(=O)OC)[S+](C)C. The fraction of sp³-hybridized carbons (Fsp3) is 0.800. The van der Waals surface area contributed by atoms with Gasteiger partial charge in [-0.1, -0.05) is 13.3 Å². The summed E-state index contributed by atoms with van der Waals surface area (Å²) < 4.78 is 9.50. The van der Waals surface area contributed by atoms with Crippen LogP contribution in [0.4, 0.5) is 4.79 Å². The van der Waals surface area contributed by atoms with Gasteiger partial charge in [-0.25, -0.2) is 9.59 Å². The first-order valence-corrected chi connectivity index (χ1v) is 7.20. The second-order valence-corrected chi connectivity index (χ2v) is 5.65. The molecule has 94 valence electrons. The van der Waals surface area contributed by atoms with Gasteiger partial charge in [-0.3, -0.25) is 5.32 Å². The van der Waals surface area contributed by atoms with E-state index < -0.39 is 17.4 Å². The van der Waals surface area contributed by atoms with Gasteiger partial charge in [-0.15, -0.1) is 0 Å². The zero-order valence-corrected chi connectivity index (χ0v) is 11.1. The van der Waals surface area contributed by atoms with Crippen LogP contribution in [0.1, 0.15) is 19.8 Å². The average Bonchev–Trinajstić information content (AvgIpc) is 2.25. The lowest BCUT2D eigenvalue weighted by atomic mass is 10.4. The van der Waals surface area contributed by atoms with Crippen molar-refractivity contribution in [3.8, 4) is 0 Å². The van der Waals surface area contributed by atoms with Crippen LogP contribution in [0.25, 0.3) is 0 Å². The van der Waals surface area contributed by atoms with E-state index in [0.717, 1.165) is 12.8 Å². The molecule has 0 spiro atoms. The molecule has 0 aliphatic rings. The van der Waals surface area contributed by atoms with Gasteiger partial charge in [0.05, 0.1) is 26.2 Å². The van der Waals surface area contributed by atoms with Gasteiger partial charge in [-0.05, 0) is 6.42 Å². The van der Waals surface area contributed by atoms with Crippen LogP contribution in [-0.2, 0) is 25.2 Å². The van der Waals surface area contributed by atoms with Gasteiger partial charge in [0.1, 0.15) is 0 Å². The molecule has 0 aromatic carbocycles. The van der Waals surface area contributed by atoms with Crippen molar-refractivity contribution in [1.29, 1.82) is 0 Å². The summed E-state index contributed by atoms with van der Waals surface area (Å²) >= 11 is 0. The van der Waals surface area contributed by atoms with Gasteiger partial charge in [0.2, 0.25) is 0 Å². The highest BCUT2D eigenvalue weighted by atomic mass is 32.2. The molecule has 1 unspecified atom stereocenters. The number of carbonyl (C=O) groups excluding carboxylic acids is 2. The molecule has 0 bridgehead atoms. The van der Waals surface area contributed by atoms with E-state index in [2.05, 4.69) is 10.1 Å². The molecular formula is C10H20NO4S+. The lowest BCUT2D eigenvalue weighted by Gasteiger charge is -2.13. The van der Waals surface area contributed by atoms with Gasteiger partial charge < -0.3 is 9.47 Å². The zero-order chi connectivity index (χ0) is 12.6. The van der Waals surface area contributed by atoms with Crippen LogP contribution in [0, 0.1) is 0 Å². The topological polar surface area (TPSA) is 64.6 Å². The summed E-state index contributed by atoms with van der Waals surface area (Å²) in [5.74, 6) is -0.444. The Kier molecular flexibility index (Phi) is 7.80. The molecule has 0 fully saturated rings.